The molecule has 18 heavy (non-hydrogen) atoms. The van der Waals surface area contributed by atoms with Crippen LogP contribution in [0.1, 0.15) is 6.92 Å². The second-order valence-corrected chi connectivity index (χ2v) is 6.02. The van der Waals surface area contributed by atoms with Crippen LogP contribution in [0.4, 0.5) is 5.13 Å². The highest BCUT2D eigenvalue weighted by Gasteiger charge is 2.10. The van der Waals surface area contributed by atoms with Gasteiger partial charge in [0.1, 0.15) is 5.52 Å². The average Bonchev–Trinajstić information content (AvgIpc) is 2.70. The first-order valence-corrected chi connectivity index (χ1v) is 7.22. The molecule has 0 saturated carbocycles. The van der Waals surface area contributed by atoms with Crippen molar-refractivity contribution in [3.8, 4) is 0 Å². The molecule has 0 radical (unpaired) electrons. The van der Waals surface area contributed by atoms with Crippen LogP contribution in [0, 0.1) is 0 Å². The molecule has 0 spiro atoms. The van der Waals surface area contributed by atoms with Crippen LogP contribution in [0.2, 0.25) is 5.02 Å². The summed E-state index contributed by atoms with van der Waals surface area (Å²) in [6, 6.07) is 5.47. The number of benzene rings is 1. The molecule has 2 rings (SSSR count). The third-order valence-electron chi connectivity index (χ3n) is 2.02. The summed E-state index contributed by atoms with van der Waals surface area (Å²) in [5.41, 5.74) is 0.679. The number of nitrogens with zero attached hydrogens (tertiary/aromatic N) is 1. The monoisotopic (exact) mass is 300 g/mol. The molecule has 7 heteroatoms. The Labute approximate surface area is 117 Å². The molecular formula is C11H9ClN2O2S2. The fraction of sp³-hybridized carbons (Fsp3) is 0.182. The van der Waals surface area contributed by atoms with E-state index in [1.54, 1.807) is 6.07 Å². The Balaban J connectivity index is 2.10. The number of para-hydroxylation sites is 1. The molecule has 1 heterocycles. The smallest absolute Gasteiger partial charge is 0.236 e. The van der Waals surface area contributed by atoms with Gasteiger partial charge in [0.05, 0.1) is 15.5 Å². The van der Waals surface area contributed by atoms with E-state index < -0.39 is 0 Å². The van der Waals surface area contributed by atoms with Crippen LogP contribution in [0.5, 0.6) is 0 Å². The minimum absolute atomic E-state index is 0.0857. The van der Waals surface area contributed by atoms with Gasteiger partial charge in [-0.25, -0.2) is 4.98 Å². The van der Waals surface area contributed by atoms with Crippen LogP contribution in [-0.2, 0) is 9.59 Å². The Bertz CT molecular complexity index is 612. The predicted octanol–water partition coefficient (Wildman–Crippen LogP) is 3.17. The van der Waals surface area contributed by atoms with Gasteiger partial charge in [-0.05, 0) is 12.1 Å². The lowest BCUT2D eigenvalue weighted by Crippen LogP contribution is -2.14. The van der Waals surface area contributed by atoms with E-state index in [4.69, 9.17) is 11.6 Å². The minimum Gasteiger partial charge on any atom is -0.301 e. The number of hydrogen-bond donors (Lipinski definition) is 1. The van der Waals surface area contributed by atoms with Crippen LogP contribution >= 0.6 is 34.7 Å². The van der Waals surface area contributed by atoms with Crippen LogP contribution in [0.3, 0.4) is 0 Å². The van der Waals surface area contributed by atoms with Gasteiger partial charge in [0.15, 0.2) is 10.2 Å². The second kappa shape index (κ2) is 5.69. The zero-order valence-corrected chi connectivity index (χ0v) is 11.8. The maximum absolute atomic E-state index is 11.5. The van der Waals surface area contributed by atoms with Crippen molar-refractivity contribution >= 4 is 61.1 Å². The number of anilines is 1. The van der Waals surface area contributed by atoms with Gasteiger partial charge in [-0.2, -0.15) is 0 Å². The third-order valence-corrected chi connectivity index (χ3v) is 4.08. The molecule has 94 valence electrons. The Morgan fingerprint density at radius 3 is 2.94 bits per heavy atom. The quantitative estimate of drug-likeness (QED) is 0.946. The molecule has 0 fully saturated rings. The first kappa shape index (κ1) is 13.3. The molecule has 0 saturated heterocycles. The topological polar surface area (TPSA) is 59.1 Å². The molecule has 1 aromatic carbocycles. The molecule has 0 atom stereocenters. The Kier molecular flexibility index (Phi) is 4.21. The van der Waals surface area contributed by atoms with Crippen molar-refractivity contribution in [2.45, 2.75) is 6.92 Å². The number of halogens is 1. The summed E-state index contributed by atoms with van der Waals surface area (Å²) in [5.74, 6) is -0.149. The summed E-state index contributed by atoms with van der Waals surface area (Å²) in [4.78, 5) is 26.5. The fourth-order valence-corrected chi connectivity index (χ4v) is 2.88. The van der Waals surface area contributed by atoms with E-state index in [1.165, 1.54) is 18.3 Å². The Hall–Kier alpha value is -1.11. The zero-order valence-electron chi connectivity index (χ0n) is 9.40. The van der Waals surface area contributed by atoms with Gasteiger partial charge in [-0.15, -0.1) is 0 Å². The predicted molar refractivity (Wildman–Crippen MR) is 76.4 cm³/mol. The van der Waals surface area contributed by atoms with Crippen LogP contribution in [0.15, 0.2) is 18.2 Å². The van der Waals surface area contributed by atoms with Gasteiger partial charge < -0.3 is 5.32 Å². The van der Waals surface area contributed by atoms with E-state index in [2.05, 4.69) is 10.3 Å². The standard InChI is InChI=1S/C11H9ClN2O2S2/c1-6(15)17-5-9(16)13-11-14-10-7(12)3-2-4-8(10)18-11/h2-4H,5H2,1H3,(H,13,14,16). The first-order valence-electron chi connectivity index (χ1n) is 5.04. The first-order chi connectivity index (χ1) is 8.56. The molecule has 1 N–H and O–H groups in total. The summed E-state index contributed by atoms with van der Waals surface area (Å²) in [5, 5.41) is 3.62. The van der Waals surface area contributed by atoms with Crippen molar-refractivity contribution in [3.63, 3.8) is 0 Å². The molecule has 4 nitrogen and oxygen atoms in total. The minimum atomic E-state index is -0.245. The van der Waals surface area contributed by atoms with Crippen molar-refractivity contribution in [1.82, 2.24) is 4.98 Å². The summed E-state index contributed by atoms with van der Waals surface area (Å²) >= 11 is 8.31. The molecule has 0 aliphatic heterocycles. The van der Waals surface area contributed by atoms with Crippen molar-refractivity contribution in [1.29, 1.82) is 0 Å². The highest BCUT2D eigenvalue weighted by atomic mass is 35.5. The summed E-state index contributed by atoms with van der Waals surface area (Å²) < 4.78 is 0.914. The van der Waals surface area contributed by atoms with E-state index in [9.17, 15) is 9.59 Å². The van der Waals surface area contributed by atoms with E-state index >= 15 is 0 Å². The van der Waals surface area contributed by atoms with Gasteiger partial charge in [0, 0.05) is 6.92 Å². The number of nitrogens with one attached hydrogen (secondary N) is 1. The number of carbonyl (C=O) groups is 2. The largest absolute Gasteiger partial charge is 0.301 e. The SMILES string of the molecule is CC(=O)SCC(=O)Nc1nc2c(Cl)cccc2s1. The van der Waals surface area contributed by atoms with E-state index in [0.29, 0.717) is 15.7 Å². The normalized spacial score (nSPS) is 10.6. The lowest BCUT2D eigenvalue weighted by atomic mass is 10.3. The summed E-state index contributed by atoms with van der Waals surface area (Å²) in [6.45, 7) is 1.43. The van der Waals surface area contributed by atoms with Crippen molar-refractivity contribution in [3.05, 3.63) is 23.2 Å². The fourth-order valence-electron chi connectivity index (χ4n) is 1.29. The Morgan fingerprint density at radius 2 is 2.28 bits per heavy atom. The van der Waals surface area contributed by atoms with Gasteiger partial charge in [0.25, 0.3) is 0 Å². The van der Waals surface area contributed by atoms with Gasteiger partial charge in [0.2, 0.25) is 5.91 Å². The Morgan fingerprint density at radius 1 is 1.50 bits per heavy atom. The van der Waals surface area contributed by atoms with Gasteiger partial charge in [-0.3, -0.25) is 9.59 Å². The molecule has 2 aromatic rings. The second-order valence-electron chi connectivity index (χ2n) is 3.43. The highest BCUT2D eigenvalue weighted by molar-refractivity contribution is 8.14. The van der Waals surface area contributed by atoms with E-state index in [1.807, 2.05) is 12.1 Å². The zero-order chi connectivity index (χ0) is 13.1. The number of carbonyl (C=O) groups excluding carboxylic acids is 2. The summed E-state index contributed by atoms with van der Waals surface area (Å²) in [6.07, 6.45) is 0. The molecular weight excluding hydrogens is 292 g/mol. The summed E-state index contributed by atoms with van der Waals surface area (Å²) in [7, 11) is 0. The van der Waals surface area contributed by atoms with Crippen LogP contribution < -0.4 is 5.32 Å². The average molecular weight is 301 g/mol. The van der Waals surface area contributed by atoms with Crippen LogP contribution in [-0.4, -0.2) is 21.8 Å². The maximum atomic E-state index is 11.5. The molecule has 0 unspecified atom stereocenters. The van der Waals surface area contributed by atoms with Crippen molar-refractivity contribution in [2.24, 2.45) is 0 Å². The van der Waals surface area contributed by atoms with E-state index in [0.717, 1.165) is 16.5 Å². The number of hydrogen-bond acceptors (Lipinski definition) is 5. The molecule has 1 aromatic heterocycles. The third kappa shape index (κ3) is 3.22. The van der Waals surface area contributed by atoms with Gasteiger partial charge in [-0.1, -0.05) is 40.8 Å². The van der Waals surface area contributed by atoms with Crippen molar-refractivity contribution in [2.75, 3.05) is 11.1 Å². The number of aromatic nitrogens is 1. The number of rotatable bonds is 3. The van der Waals surface area contributed by atoms with Crippen LogP contribution in [0.25, 0.3) is 10.2 Å². The number of thioether (sulfide) groups is 1. The molecule has 0 bridgehead atoms. The van der Waals surface area contributed by atoms with Gasteiger partial charge >= 0.3 is 0 Å². The maximum Gasteiger partial charge on any atom is 0.236 e. The molecule has 1 amide bonds. The van der Waals surface area contributed by atoms with Crippen molar-refractivity contribution < 1.29 is 9.59 Å². The molecule has 0 aliphatic carbocycles. The highest BCUT2D eigenvalue weighted by Crippen LogP contribution is 2.30. The lowest BCUT2D eigenvalue weighted by molar-refractivity contribution is -0.114. The number of thiazole rings is 1. The van der Waals surface area contributed by atoms with E-state index in [-0.39, 0.29) is 16.8 Å². The molecule has 0 aliphatic rings. The number of fused-ring (bicyclic) bond motifs is 1. The lowest BCUT2D eigenvalue weighted by Gasteiger charge is -1.98. The number of amides is 1.